The summed E-state index contributed by atoms with van der Waals surface area (Å²) >= 11 is 3.48. The van der Waals surface area contributed by atoms with E-state index in [0.717, 1.165) is 22.2 Å². The van der Waals surface area contributed by atoms with E-state index in [2.05, 4.69) is 26.0 Å². The molecule has 0 aliphatic carbocycles. The van der Waals surface area contributed by atoms with Gasteiger partial charge in [0.1, 0.15) is 11.9 Å². The van der Waals surface area contributed by atoms with Crippen LogP contribution in [-0.4, -0.2) is 45.0 Å². The molecule has 3 atom stereocenters. The monoisotopic (exact) mass is 469 g/mol. The van der Waals surface area contributed by atoms with E-state index < -0.39 is 12.1 Å². The zero-order valence-corrected chi connectivity index (χ0v) is 18.6. The van der Waals surface area contributed by atoms with Crippen LogP contribution in [0.2, 0.25) is 0 Å². The van der Waals surface area contributed by atoms with Crippen molar-refractivity contribution in [2.24, 2.45) is 17.0 Å². The molecule has 0 amide bonds. The Labute approximate surface area is 179 Å². The fourth-order valence-corrected chi connectivity index (χ4v) is 3.48. The van der Waals surface area contributed by atoms with Crippen LogP contribution >= 0.6 is 15.9 Å². The Morgan fingerprint density at radius 3 is 2.83 bits per heavy atom. The van der Waals surface area contributed by atoms with Gasteiger partial charge in [0.05, 0.1) is 36.3 Å². The molecule has 2 rings (SSSR count). The van der Waals surface area contributed by atoms with Crippen molar-refractivity contribution in [2.75, 3.05) is 26.9 Å². The zero-order chi connectivity index (χ0) is 21.2. The van der Waals surface area contributed by atoms with E-state index in [9.17, 15) is 4.79 Å². The molecule has 0 saturated carbocycles. The molecular weight excluding hydrogens is 442 g/mol. The molecule has 160 valence electrons. The molecule has 0 N–H and O–H groups in total. The van der Waals surface area contributed by atoms with Gasteiger partial charge in [-0.1, -0.05) is 25.0 Å². The van der Waals surface area contributed by atoms with Crippen LogP contribution in [0.1, 0.15) is 32.3 Å². The molecule has 8 nitrogen and oxygen atoms in total. The van der Waals surface area contributed by atoms with E-state index in [1.165, 1.54) is 0 Å². The normalized spacial score (nSPS) is 19.7. The number of halogens is 1. The molecule has 1 aliphatic heterocycles. The van der Waals surface area contributed by atoms with Gasteiger partial charge in [0.15, 0.2) is 0 Å². The zero-order valence-electron chi connectivity index (χ0n) is 17.0. The lowest BCUT2D eigenvalue weighted by Crippen LogP contribution is -2.28. The number of hydrogen-bond donors (Lipinski definition) is 0. The van der Waals surface area contributed by atoms with Crippen molar-refractivity contribution < 1.29 is 23.7 Å². The van der Waals surface area contributed by atoms with E-state index in [1.54, 1.807) is 7.11 Å². The van der Waals surface area contributed by atoms with Gasteiger partial charge in [0.25, 0.3) is 0 Å². The van der Waals surface area contributed by atoms with Crippen molar-refractivity contribution in [3.05, 3.63) is 38.7 Å². The van der Waals surface area contributed by atoms with E-state index in [-0.39, 0.29) is 24.4 Å². The second-order valence-electron chi connectivity index (χ2n) is 7.31. The molecular formula is C20H28BrN3O5. The van der Waals surface area contributed by atoms with Gasteiger partial charge in [-0.2, -0.15) is 0 Å². The average Bonchev–Trinajstić information content (AvgIpc) is 3.08. The summed E-state index contributed by atoms with van der Waals surface area (Å²) in [6.45, 7) is 5.66. The van der Waals surface area contributed by atoms with E-state index in [4.69, 9.17) is 24.5 Å². The maximum absolute atomic E-state index is 12.0. The van der Waals surface area contributed by atoms with E-state index in [1.807, 2.05) is 32.0 Å². The Morgan fingerprint density at radius 1 is 1.38 bits per heavy atom. The first-order valence-corrected chi connectivity index (χ1v) is 10.5. The Morgan fingerprint density at radius 2 is 2.17 bits per heavy atom. The average molecular weight is 470 g/mol. The number of hydrogen-bond acceptors (Lipinski definition) is 6. The molecule has 3 unspecified atom stereocenters. The van der Waals surface area contributed by atoms with Crippen LogP contribution in [0.3, 0.4) is 0 Å². The number of rotatable bonds is 12. The molecule has 1 aromatic rings. The molecule has 0 spiro atoms. The summed E-state index contributed by atoms with van der Waals surface area (Å²) in [7, 11) is 1.66. The lowest BCUT2D eigenvalue weighted by molar-refractivity contribution is -0.146. The van der Waals surface area contributed by atoms with Crippen molar-refractivity contribution in [3.8, 4) is 5.75 Å². The minimum Gasteiger partial charge on any atom is -0.492 e. The lowest BCUT2D eigenvalue weighted by Gasteiger charge is -2.18. The molecule has 1 heterocycles. The van der Waals surface area contributed by atoms with Crippen molar-refractivity contribution in [1.29, 1.82) is 0 Å². The Balaban J connectivity index is 1.89. The first-order valence-electron chi connectivity index (χ1n) is 9.68. The summed E-state index contributed by atoms with van der Waals surface area (Å²) < 4.78 is 22.9. The number of esters is 1. The Bertz CT molecular complexity index is 724. The molecule has 9 heteroatoms. The number of carbonyl (C=O) groups excluding carboxylic acids is 1. The fraction of sp³-hybridized carbons (Fsp3) is 0.650. The molecule has 1 saturated heterocycles. The topological polar surface area (TPSA) is 103 Å². The molecule has 1 aliphatic rings. The second kappa shape index (κ2) is 12.0. The van der Waals surface area contributed by atoms with Crippen molar-refractivity contribution in [3.63, 3.8) is 0 Å². The predicted octanol–water partition coefficient (Wildman–Crippen LogP) is 4.65. The number of benzene rings is 1. The molecule has 0 bridgehead atoms. The van der Waals surface area contributed by atoms with Crippen LogP contribution in [0.15, 0.2) is 27.8 Å². The highest BCUT2D eigenvalue weighted by molar-refractivity contribution is 9.10. The number of cyclic esters (lactones) is 1. The third kappa shape index (κ3) is 7.19. The smallest absolute Gasteiger partial charge is 0.309 e. The molecule has 1 aromatic carbocycles. The Hall–Kier alpha value is -1.80. The van der Waals surface area contributed by atoms with Crippen LogP contribution in [-0.2, 0) is 25.6 Å². The van der Waals surface area contributed by atoms with Crippen molar-refractivity contribution in [1.82, 2.24) is 0 Å². The predicted molar refractivity (Wildman–Crippen MR) is 112 cm³/mol. The maximum Gasteiger partial charge on any atom is 0.309 e. The molecule has 29 heavy (non-hydrogen) atoms. The van der Waals surface area contributed by atoms with Crippen LogP contribution in [0.5, 0.6) is 5.75 Å². The van der Waals surface area contributed by atoms with Gasteiger partial charge >= 0.3 is 5.97 Å². The SMILES string of the molecule is COCCCOc1cc(COCC(N=[N+]=[N-])C2CC(C(C)C)C(=O)O2)ccc1Br. The summed E-state index contributed by atoms with van der Waals surface area (Å²) in [4.78, 5) is 14.9. The quantitative estimate of drug-likeness (QED) is 0.146. The van der Waals surface area contributed by atoms with Crippen LogP contribution in [0, 0.1) is 11.8 Å². The molecule has 0 radical (unpaired) electrons. The summed E-state index contributed by atoms with van der Waals surface area (Å²) in [5.41, 5.74) is 9.80. The number of methoxy groups -OCH3 is 1. The number of nitrogens with zero attached hydrogens (tertiary/aromatic N) is 3. The fourth-order valence-electron chi connectivity index (χ4n) is 3.12. The maximum atomic E-state index is 12.0. The summed E-state index contributed by atoms with van der Waals surface area (Å²) in [5.74, 6) is 0.524. The van der Waals surface area contributed by atoms with E-state index in [0.29, 0.717) is 26.2 Å². The molecule has 1 fully saturated rings. The number of carbonyl (C=O) groups is 1. The highest BCUT2D eigenvalue weighted by Crippen LogP contribution is 2.31. The third-order valence-electron chi connectivity index (χ3n) is 4.79. The van der Waals surface area contributed by atoms with Crippen LogP contribution in [0.25, 0.3) is 10.4 Å². The van der Waals surface area contributed by atoms with Gasteiger partial charge < -0.3 is 18.9 Å². The first kappa shape index (κ1) is 23.5. The van der Waals surface area contributed by atoms with Crippen LogP contribution in [0.4, 0.5) is 0 Å². The summed E-state index contributed by atoms with van der Waals surface area (Å²) in [6.07, 6.45) is 0.895. The number of ether oxygens (including phenoxy) is 4. The summed E-state index contributed by atoms with van der Waals surface area (Å²) in [5, 5.41) is 3.79. The third-order valence-corrected chi connectivity index (χ3v) is 5.45. The Kier molecular flexibility index (Phi) is 9.73. The second-order valence-corrected chi connectivity index (χ2v) is 8.16. The van der Waals surface area contributed by atoms with E-state index >= 15 is 0 Å². The summed E-state index contributed by atoms with van der Waals surface area (Å²) in [6, 6.07) is 5.19. The highest BCUT2D eigenvalue weighted by Gasteiger charge is 2.40. The van der Waals surface area contributed by atoms with Gasteiger partial charge in [-0.25, -0.2) is 0 Å². The van der Waals surface area contributed by atoms with Crippen molar-refractivity contribution in [2.45, 2.75) is 45.4 Å². The minimum atomic E-state index is -0.548. The molecule has 0 aromatic heterocycles. The van der Waals surface area contributed by atoms with Crippen molar-refractivity contribution >= 4 is 21.9 Å². The van der Waals surface area contributed by atoms with Gasteiger partial charge in [-0.05, 0) is 51.5 Å². The van der Waals surface area contributed by atoms with Gasteiger partial charge in [0.2, 0.25) is 0 Å². The number of azide groups is 1. The standard InChI is InChI=1S/C20H28BrN3O5/c1-13(2)15-10-19(29-20(15)25)17(23-24-22)12-27-11-14-5-6-16(21)18(9-14)28-8-4-7-26-3/h5-6,9,13,15,17,19H,4,7-8,10-12H2,1-3H3. The highest BCUT2D eigenvalue weighted by atomic mass is 79.9. The first-order chi connectivity index (χ1) is 14.0. The van der Waals surface area contributed by atoms with Gasteiger partial charge in [-0.15, -0.1) is 0 Å². The van der Waals surface area contributed by atoms with Gasteiger partial charge in [-0.3, -0.25) is 4.79 Å². The largest absolute Gasteiger partial charge is 0.492 e. The lowest BCUT2D eigenvalue weighted by atomic mass is 9.91. The van der Waals surface area contributed by atoms with Gasteiger partial charge in [0, 0.05) is 25.0 Å². The van der Waals surface area contributed by atoms with Crippen LogP contribution < -0.4 is 4.74 Å². The minimum absolute atomic E-state index is 0.166.